The van der Waals surface area contributed by atoms with E-state index in [0.29, 0.717) is 29.3 Å². The number of furan rings is 2. The van der Waals surface area contributed by atoms with Gasteiger partial charge in [-0.15, -0.1) is 0 Å². The van der Waals surface area contributed by atoms with Crippen LogP contribution in [-0.2, 0) is 6.54 Å². The molecule has 0 aliphatic heterocycles. The summed E-state index contributed by atoms with van der Waals surface area (Å²) in [7, 11) is 0. The number of hydrogen-bond acceptors (Lipinski definition) is 4. The molecule has 6 nitrogen and oxygen atoms in total. The van der Waals surface area contributed by atoms with Crippen LogP contribution in [0, 0.1) is 13.8 Å². The molecule has 2 aromatic heterocycles. The van der Waals surface area contributed by atoms with E-state index in [1.807, 2.05) is 12.1 Å². The van der Waals surface area contributed by atoms with Gasteiger partial charge in [0.2, 0.25) is 0 Å². The van der Waals surface area contributed by atoms with Crippen LogP contribution in [-0.4, -0.2) is 11.8 Å². The van der Waals surface area contributed by atoms with E-state index in [-0.39, 0.29) is 17.6 Å². The van der Waals surface area contributed by atoms with Crippen LogP contribution in [0.3, 0.4) is 0 Å². The van der Waals surface area contributed by atoms with Gasteiger partial charge in [0.1, 0.15) is 11.5 Å². The summed E-state index contributed by atoms with van der Waals surface area (Å²) in [6.07, 6.45) is 1.45. The molecular formula is C19H18N2O4. The van der Waals surface area contributed by atoms with Gasteiger partial charge in [0.15, 0.2) is 5.76 Å². The van der Waals surface area contributed by atoms with Gasteiger partial charge in [-0.1, -0.05) is 12.1 Å². The number of anilines is 1. The Balaban J connectivity index is 1.56. The number of carbonyl (C=O) groups excluding carboxylic acids is 2. The molecule has 128 valence electrons. The third-order valence-electron chi connectivity index (χ3n) is 3.70. The molecule has 0 saturated carbocycles. The lowest BCUT2D eigenvalue weighted by molar-refractivity contribution is 0.0948. The molecule has 2 N–H and O–H groups in total. The van der Waals surface area contributed by atoms with Crippen LogP contribution >= 0.6 is 0 Å². The first-order valence-electron chi connectivity index (χ1n) is 7.82. The monoisotopic (exact) mass is 338 g/mol. The number of hydrogen-bond donors (Lipinski definition) is 2. The predicted octanol–water partition coefficient (Wildman–Crippen LogP) is 3.67. The normalized spacial score (nSPS) is 10.5. The highest BCUT2D eigenvalue weighted by Crippen LogP contribution is 2.15. The maximum atomic E-state index is 12.2. The molecule has 0 fully saturated rings. The Morgan fingerprint density at radius 2 is 1.80 bits per heavy atom. The second-order valence-corrected chi connectivity index (χ2v) is 5.64. The van der Waals surface area contributed by atoms with Crippen molar-refractivity contribution in [2.24, 2.45) is 0 Å². The van der Waals surface area contributed by atoms with Gasteiger partial charge in [-0.3, -0.25) is 9.59 Å². The predicted molar refractivity (Wildman–Crippen MR) is 92.5 cm³/mol. The Hall–Kier alpha value is -3.28. The van der Waals surface area contributed by atoms with E-state index in [1.54, 1.807) is 44.2 Å². The van der Waals surface area contributed by atoms with Gasteiger partial charge in [0, 0.05) is 12.2 Å². The standard InChI is InChI=1S/C19H18N2O4/c1-12-10-16(13(2)25-12)18(22)20-11-14-5-7-15(8-6-14)21-19(23)17-4-3-9-24-17/h3-10H,11H2,1-2H3,(H,20,22)(H,21,23). The van der Waals surface area contributed by atoms with Crippen LogP contribution in [0.1, 0.15) is 38.0 Å². The molecule has 2 heterocycles. The van der Waals surface area contributed by atoms with Gasteiger partial charge in [0.25, 0.3) is 11.8 Å². The zero-order valence-corrected chi connectivity index (χ0v) is 14.0. The van der Waals surface area contributed by atoms with Crippen LogP contribution in [0.15, 0.2) is 57.6 Å². The fourth-order valence-corrected chi connectivity index (χ4v) is 2.44. The number of benzene rings is 1. The molecule has 0 radical (unpaired) electrons. The smallest absolute Gasteiger partial charge is 0.291 e. The zero-order valence-electron chi connectivity index (χ0n) is 14.0. The van der Waals surface area contributed by atoms with E-state index in [1.165, 1.54) is 6.26 Å². The largest absolute Gasteiger partial charge is 0.466 e. The quantitative estimate of drug-likeness (QED) is 0.743. The van der Waals surface area contributed by atoms with Crippen LogP contribution in [0.25, 0.3) is 0 Å². The zero-order chi connectivity index (χ0) is 17.8. The molecular weight excluding hydrogens is 320 g/mol. The molecule has 2 amide bonds. The average molecular weight is 338 g/mol. The van der Waals surface area contributed by atoms with Crippen molar-refractivity contribution in [1.29, 1.82) is 0 Å². The molecule has 0 unspecified atom stereocenters. The van der Waals surface area contributed by atoms with E-state index < -0.39 is 0 Å². The molecule has 3 rings (SSSR count). The lowest BCUT2D eigenvalue weighted by Gasteiger charge is -2.07. The second-order valence-electron chi connectivity index (χ2n) is 5.64. The van der Waals surface area contributed by atoms with Gasteiger partial charge in [-0.25, -0.2) is 0 Å². The van der Waals surface area contributed by atoms with Crippen LogP contribution in [0.5, 0.6) is 0 Å². The van der Waals surface area contributed by atoms with Gasteiger partial charge < -0.3 is 19.5 Å². The summed E-state index contributed by atoms with van der Waals surface area (Å²) in [5.74, 6) is 1.08. The lowest BCUT2D eigenvalue weighted by Crippen LogP contribution is -2.23. The summed E-state index contributed by atoms with van der Waals surface area (Å²) < 4.78 is 10.4. The van der Waals surface area contributed by atoms with E-state index in [9.17, 15) is 9.59 Å². The topological polar surface area (TPSA) is 84.5 Å². The maximum absolute atomic E-state index is 12.2. The SMILES string of the molecule is Cc1cc(C(=O)NCc2ccc(NC(=O)c3ccco3)cc2)c(C)o1. The van der Waals surface area contributed by atoms with Gasteiger partial charge in [-0.05, 0) is 49.7 Å². The highest BCUT2D eigenvalue weighted by molar-refractivity contribution is 6.02. The summed E-state index contributed by atoms with van der Waals surface area (Å²) in [5.41, 5.74) is 2.11. The van der Waals surface area contributed by atoms with Crippen LogP contribution < -0.4 is 10.6 Å². The number of carbonyl (C=O) groups is 2. The van der Waals surface area contributed by atoms with Crippen molar-refractivity contribution in [3.63, 3.8) is 0 Å². The van der Waals surface area contributed by atoms with Crippen LogP contribution in [0.4, 0.5) is 5.69 Å². The first-order valence-corrected chi connectivity index (χ1v) is 7.82. The molecule has 0 aliphatic rings. The molecule has 0 spiro atoms. The number of rotatable bonds is 5. The first kappa shape index (κ1) is 16.6. The summed E-state index contributed by atoms with van der Waals surface area (Å²) in [6, 6.07) is 12.2. The fourth-order valence-electron chi connectivity index (χ4n) is 2.44. The second kappa shape index (κ2) is 7.09. The van der Waals surface area contributed by atoms with E-state index in [2.05, 4.69) is 10.6 Å². The molecule has 25 heavy (non-hydrogen) atoms. The fraction of sp³-hybridized carbons (Fsp3) is 0.158. The number of aryl methyl sites for hydroxylation is 2. The molecule has 1 aromatic carbocycles. The van der Waals surface area contributed by atoms with Crippen molar-refractivity contribution in [2.75, 3.05) is 5.32 Å². The molecule has 0 bridgehead atoms. The Kier molecular flexibility index (Phi) is 4.70. The van der Waals surface area contributed by atoms with Crippen molar-refractivity contribution in [3.8, 4) is 0 Å². The van der Waals surface area contributed by atoms with Gasteiger partial charge in [0.05, 0.1) is 11.8 Å². The summed E-state index contributed by atoms with van der Waals surface area (Å²) in [6.45, 7) is 3.95. The third kappa shape index (κ3) is 3.98. The minimum atomic E-state index is -0.308. The Bertz CT molecular complexity index is 877. The molecule has 0 saturated heterocycles. The van der Waals surface area contributed by atoms with Crippen molar-refractivity contribution in [2.45, 2.75) is 20.4 Å². The van der Waals surface area contributed by atoms with Crippen molar-refractivity contribution in [1.82, 2.24) is 5.32 Å². The third-order valence-corrected chi connectivity index (χ3v) is 3.70. The molecule has 3 aromatic rings. The van der Waals surface area contributed by atoms with E-state index in [4.69, 9.17) is 8.83 Å². The van der Waals surface area contributed by atoms with Crippen molar-refractivity contribution in [3.05, 3.63) is 77.1 Å². The minimum absolute atomic E-state index is 0.176. The van der Waals surface area contributed by atoms with Crippen molar-refractivity contribution < 1.29 is 18.4 Å². The lowest BCUT2D eigenvalue weighted by atomic mass is 10.2. The number of amides is 2. The summed E-state index contributed by atoms with van der Waals surface area (Å²) in [5, 5.41) is 5.59. The minimum Gasteiger partial charge on any atom is -0.466 e. The number of nitrogens with one attached hydrogen (secondary N) is 2. The van der Waals surface area contributed by atoms with E-state index in [0.717, 1.165) is 5.56 Å². The summed E-state index contributed by atoms with van der Waals surface area (Å²) >= 11 is 0. The average Bonchev–Trinajstić information content (AvgIpc) is 3.23. The highest BCUT2D eigenvalue weighted by atomic mass is 16.3. The molecule has 6 heteroatoms. The Morgan fingerprint density at radius 1 is 1.04 bits per heavy atom. The Labute approximate surface area is 144 Å². The molecule has 0 atom stereocenters. The van der Waals surface area contributed by atoms with Crippen molar-refractivity contribution >= 4 is 17.5 Å². The Morgan fingerprint density at radius 3 is 2.40 bits per heavy atom. The highest BCUT2D eigenvalue weighted by Gasteiger charge is 2.13. The summed E-state index contributed by atoms with van der Waals surface area (Å²) in [4.78, 5) is 24.1. The first-order chi connectivity index (χ1) is 12.0. The van der Waals surface area contributed by atoms with E-state index >= 15 is 0 Å². The van der Waals surface area contributed by atoms with Gasteiger partial charge in [-0.2, -0.15) is 0 Å². The molecule has 0 aliphatic carbocycles. The van der Waals surface area contributed by atoms with Crippen LogP contribution in [0.2, 0.25) is 0 Å². The maximum Gasteiger partial charge on any atom is 0.291 e. The van der Waals surface area contributed by atoms with Gasteiger partial charge >= 0.3 is 0 Å².